The molecule has 152 valence electrons. The summed E-state index contributed by atoms with van der Waals surface area (Å²) in [4.78, 5) is 26.8. The Labute approximate surface area is 169 Å². The molecule has 1 aliphatic rings. The van der Waals surface area contributed by atoms with Crippen LogP contribution in [0.15, 0.2) is 72.1 Å². The lowest BCUT2D eigenvalue weighted by molar-refractivity contribution is -0.137. The minimum Gasteiger partial charge on any atom is -0.369 e. The Morgan fingerprint density at radius 1 is 1.03 bits per heavy atom. The summed E-state index contributed by atoms with van der Waals surface area (Å²) in [6, 6.07) is 12.7. The summed E-state index contributed by atoms with van der Waals surface area (Å²) >= 11 is 0. The molecule has 0 saturated carbocycles. The van der Waals surface area contributed by atoms with Gasteiger partial charge in [0.25, 0.3) is 5.91 Å². The van der Waals surface area contributed by atoms with E-state index < -0.39 is 23.2 Å². The van der Waals surface area contributed by atoms with Gasteiger partial charge in [0.05, 0.1) is 11.3 Å². The van der Waals surface area contributed by atoms with E-state index in [1.54, 1.807) is 36.7 Å². The van der Waals surface area contributed by atoms with Gasteiger partial charge in [-0.15, -0.1) is 0 Å². The molecular formula is C21H16F3N5O. The summed E-state index contributed by atoms with van der Waals surface area (Å²) in [6.45, 7) is 0. The highest BCUT2D eigenvalue weighted by Gasteiger charge is 2.51. The normalized spacial score (nSPS) is 19.1. The molecule has 0 bridgehead atoms. The zero-order chi connectivity index (χ0) is 21.5. The van der Waals surface area contributed by atoms with Crippen LogP contribution >= 0.6 is 0 Å². The number of alkyl halides is 3. The van der Waals surface area contributed by atoms with Crippen LogP contribution in [0.5, 0.6) is 0 Å². The predicted molar refractivity (Wildman–Crippen MR) is 104 cm³/mol. The Bertz CT molecular complexity index is 1130. The molecule has 6 nitrogen and oxygen atoms in total. The van der Waals surface area contributed by atoms with Crippen molar-refractivity contribution in [2.24, 2.45) is 10.7 Å². The lowest BCUT2D eigenvalue weighted by Crippen LogP contribution is -2.41. The van der Waals surface area contributed by atoms with Crippen LogP contribution in [-0.2, 0) is 16.5 Å². The Kier molecular flexibility index (Phi) is 4.53. The molecule has 1 amide bonds. The number of hydrogen-bond acceptors (Lipinski definition) is 5. The Hall–Kier alpha value is -3.75. The fraction of sp³-hybridized carbons (Fsp3) is 0.143. The van der Waals surface area contributed by atoms with Crippen molar-refractivity contribution >= 4 is 11.9 Å². The molecule has 0 spiro atoms. The van der Waals surface area contributed by atoms with Crippen molar-refractivity contribution in [2.45, 2.75) is 11.7 Å². The van der Waals surface area contributed by atoms with Crippen LogP contribution in [0.3, 0.4) is 0 Å². The van der Waals surface area contributed by atoms with Gasteiger partial charge in [0, 0.05) is 25.6 Å². The van der Waals surface area contributed by atoms with E-state index in [0.29, 0.717) is 11.8 Å². The van der Waals surface area contributed by atoms with Crippen LogP contribution < -0.4 is 5.73 Å². The molecule has 2 N–H and O–H groups in total. The first-order valence-electron chi connectivity index (χ1n) is 8.91. The van der Waals surface area contributed by atoms with Crippen molar-refractivity contribution in [3.05, 3.63) is 83.9 Å². The number of nitrogens with zero attached hydrogens (tertiary/aromatic N) is 4. The average Bonchev–Trinajstić information content (AvgIpc) is 2.99. The number of hydrogen-bond donors (Lipinski definition) is 1. The van der Waals surface area contributed by atoms with Gasteiger partial charge in [-0.1, -0.05) is 24.3 Å². The van der Waals surface area contributed by atoms with Crippen molar-refractivity contribution in [1.29, 1.82) is 0 Å². The predicted octanol–water partition coefficient (Wildman–Crippen LogP) is 3.19. The van der Waals surface area contributed by atoms with E-state index in [0.717, 1.165) is 28.2 Å². The standard InChI is InChI=1S/C21H16F3N5O/c1-29-18(30)20(28-19(29)25,17-8-7-16(12-27-17)21(22,23)24)15-6-2-4-13(10-15)14-5-3-9-26-11-14/h2-12H,1H3,(H2,25,28). The third-order valence-electron chi connectivity index (χ3n) is 4.98. The average molecular weight is 411 g/mol. The maximum absolute atomic E-state index is 13.2. The molecule has 0 radical (unpaired) electrons. The van der Waals surface area contributed by atoms with Gasteiger partial charge in [0.1, 0.15) is 0 Å². The van der Waals surface area contributed by atoms with Crippen molar-refractivity contribution < 1.29 is 18.0 Å². The van der Waals surface area contributed by atoms with Crippen molar-refractivity contribution in [2.75, 3.05) is 7.05 Å². The van der Waals surface area contributed by atoms with E-state index in [9.17, 15) is 18.0 Å². The van der Waals surface area contributed by atoms with Crippen LogP contribution in [-0.4, -0.2) is 33.8 Å². The van der Waals surface area contributed by atoms with Gasteiger partial charge in [-0.25, -0.2) is 4.99 Å². The highest BCUT2D eigenvalue weighted by molar-refractivity contribution is 6.08. The molecule has 30 heavy (non-hydrogen) atoms. The van der Waals surface area contributed by atoms with Crippen LogP contribution in [0.2, 0.25) is 0 Å². The SMILES string of the molecule is CN1C(=O)C(c2cccc(-c3cccnc3)c2)(c2ccc(C(F)(F)F)cn2)N=C1N. The van der Waals surface area contributed by atoms with Crippen LogP contribution in [0.4, 0.5) is 13.2 Å². The van der Waals surface area contributed by atoms with Crippen LogP contribution in [0.1, 0.15) is 16.8 Å². The second kappa shape index (κ2) is 6.94. The monoisotopic (exact) mass is 411 g/mol. The summed E-state index contributed by atoms with van der Waals surface area (Å²) in [5.41, 5.74) is 5.38. The Balaban J connectivity index is 1.90. The van der Waals surface area contributed by atoms with Gasteiger partial charge in [-0.3, -0.25) is 19.7 Å². The van der Waals surface area contributed by atoms with E-state index in [1.807, 2.05) is 12.1 Å². The van der Waals surface area contributed by atoms with Crippen molar-refractivity contribution in [3.63, 3.8) is 0 Å². The third-order valence-corrected chi connectivity index (χ3v) is 4.98. The minimum atomic E-state index is -4.54. The molecule has 0 aliphatic carbocycles. The molecule has 3 aromatic rings. The largest absolute Gasteiger partial charge is 0.417 e. The summed E-state index contributed by atoms with van der Waals surface area (Å²) in [5, 5.41) is 0. The molecule has 1 aromatic carbocycles. The molecule has 4 rings (SSSR count). The second-order valence-electron chi connectivity index (χ2n) is 6.80. The molecule has 9 heteroatoms. The maximum atomic E-state index is 13.2. The number of carbonyl (C=O) groups excluding carboxylic acids is 1. The number of halogens is 3. The number of carbonyl (C=O) groups is 1. The van der Waals surface area contributed by atoms with E-state index in [-0.39, 0.29) is 11.7 Å². The van der Waals surface area contributed by atoms with E-state index in [1.165, 1.54) is 7.05 Å². The topological polar surface area (TPSA) is 84.5 Å². The highest BCUT2D eigenvalue weighted by Crippen LogP contribution is 2.40. The summed E-state index contributed by atoms with van der Waals surface area (Å²) < 4.78 is 39.0. The lowest BCUT2D eigenvalue weighted by Gasteiger charge is -2.25. The molecule has 1 aliphatic heterocycles. The number of benzene rings is 1. The Morgan fingerprint density at radius 2 is 1.80 bits per heavy atom. The first kappa shape index (κ1) is 19.6. The van der Waals surface area contributed by atoms with Crippen molar-refractivity contribution in [3.8, 4) is 11.1 Å². The van der Waals surface area contributed by atoms with E-state index in [2.05, 4.69) is 15.0 Å². The van der Waals surface area contributed by atoms with Crippen LogP contribution in [0.25, 0.3) is 11.1 Å². The summed E-state index contributed by atoms with van der Waals surface area (Å²) in [5.74, 6) is -0.552. The number of pyridine rings is 2. The minimum absolute atomic E-state index is 0.0477. The first-order chi connectivity index (χ1) is 14.2. The molecule has 0 fully saturated rings. The third kappa shape index (κ3) is 3.08. The van der Waals surface area contributed by atoms with Crippen LogP contribution in [0, 0.1) is 0 Å². The smallest absolute Gasteiger partial charge is 0.369 e. The van der Waals surface area contributed by atoms with Crippen molar-refractivity contribution in [1.82, 2.24) is 14.9 Å². The fourth-order valence-electron chi connectivity index (χ4n) is 3.38. The quantitative estimate of drug-likeness (QED) is 0.717. The van der Waals surface area contributed by atoms with Gasteiger partial charge in [-0.2, -0.15) is 13.2 Å². The second-order valence-corrected chi connectivity index (χ2v) is 6.80. The fourth-order valence-corrected chi connectivity index (χ4v) is 3.38. The summed E-state index contributed by atoms with van der Waals surface area (Å²) in [6.07, 6.45) is -0.541. The van der Waals surface area contributed by atoms with Gasteiger partial charge in [-0.05, 0) is 41.0 Å². The number of rotatable bonds is 3. The van der Waals surface area contributed by atoms with Gasteiger partial charge in [0.2, 0.25) is 5.54 Å². The molecule has 1 unspecified atom stereocenters. The number of aliphatic imine (C=N–C) groups is 1. The number of aromatic nitrogens is 2. The van der Waals surface area contributed by atoms with Gasteiger partial charge in [0.15, 0.2) is 5.96 Å². The van der Waals surface area contributed by atoms with Gasteiger partial charge >= 0.3 is 6.18 Å². The molecule has 3 heterocycles. The van der Waals surface area contributed by atoms with E-state index >= 15 is 0 Å². The molecule has 0 saturated heterocycles. The number of likely N-dealkylation sites (N-methyl/N-ethyl adjacent to an activating group) is 1. The lowest BCUT2D eigenvalue weighted by atomic mass is 9.84. The highest BCUT2D eigenvalue weighted by atomic mass is 19.4. The first-order valence-corrected chi connectivity index (χ1v) is 8.91. The zero-order valence-electron chi connectivity index (χ0n) is 15.8. The summed E-state index contributed by atoms with van der Waals surface area (Å²) in [7, 11) is 1.46. The maximum Gasteiger partial charge on any atom is 0.417 e. The molecular weight excluding hydrogens is 395 g/mol. The molecule has 1 atom stereocenters. The number of nitrogens with two attached hydrogens (primary N) is 1. The zero-order valence-corrected chi connectivity index (χ0v) is 15.8. The van der Waals surface area contributed by atoms with Gasteiger partial charge < -0.3 is 5.73 Å². The number of amides is 1. The Morgan fingerprint density at radius 3 is 2.37 bits per heavy atom. The molecule has 2 aromatic heterocycles. The van der Waals surface area contributed by atoms with E-state index in [4.69, 9.17) is 5.73 Å². The number of guanidine groups is 1.